The number of nitrogens with zero attached hydrogens (tertiary/aromatic N) is 2. The molecule has 0 atom stereocenters. The van der Waals surface area contributed by atoms with E-state index in [4.69, 9.17) is 15.2 Å². The molecule has 0 aliphatic rings. The van der Waals surface area contributed by atoms with Gasteiger partial charge >= 0.3 is 17.9 Å². The summed E-state index contributed by atoms with van der Waals surface area (Å²) in [6.07, 6.45) is 1.55. The lowest BCUT2D eigenvalue weighted by Crippen LogP contribution is -2.00. The highest BCUT2D eigenvalue weighted by atomic mass is 16.4. The summed E-state index contributed by atoms with van der Waals surface area (Å²) in [6.45, 7) is 0. The predicted molar refractivity (Wildman–Crippen MR) is 119 cm³/mol. The van der Waals surface area contributed by atoms with Gasteiger partial charge in [0.2, 0.25) is 0 Å². The fraction of sp³-hybridized carbons (Fsp3) is 0. The zero-order valence-corrected chi connectivity index (χ0v) is 17.0. The Balaban J connectivity index is 1.84. The van der Waals surface area contributed by atoms with Crippen LogP contribution in [0.5, 0.6) is 0 Å². The Bertz CT molecular complexity index is 1360. The second-order valence-electron chi connectivity index (χ2n) is 7.10. The number of carbonyl (C=O) groups is 3. The molecule has 0 radical (unpaired) electrons. The Kier molecular flexibility index (Phi) is 5.65. The smallest absolute Gasteiger partial charge is 0.335 e. The van der Waals surface area contributed by atoms with Crippen molar-refractivity contribution in [2.45, 2.75) is 0 Å². The van der Waals surface area contributed by atoms with Crippen LogP contribution < -0.4 is 0 Å². The maximum atomic E-state index is 11.2. The monoisotopic (exact) mass is 440 g/mol. The Hall–Kier alpha value is -4.85. The van der Waals surface area contributed by atoms with Crippen LogP contribution in [-0.2, 0) is 0 Å². The number of carboxylic acid groups (broad SMARTS) is 3. The average molecular weight is 440 g/mol. The first-order chi connectivity index (χ1) is 15.8. The molecule has 0 spiro atoms. The van der Waals surface area contributed by atoms with Gasteiger partial charge in [-0.25, -0.2) is 19.4 Å². The van der Waals surface area contributed by atoms with E-state index in [0.717, 1.165) is 0 Å². The zero-order chi connectivity index (χ0) is 23.5. The zero-order valence-electron chi connectivity index (χ0n) is 17.0. The number of benzene rings is 3. The third-order valence-electron chi connectivity index (χ3n) is 5.01. The van der Waals surface area contributed by atoms with Gasteiger partial charge in [0.05, 0.1) is 40.0 Å². The van der Waals surface area contributed by atoms with E-state index in [1.165, 1.54) is 36.4 Å². The molecule has 0 saturated carbocycles. The Labute approximate surface area is 187 Å². The third-order valence-corrected chi connectivity index (χ3v) is 5.01. The van der Waals surface area contributed by atoms with Crippen LogP contribution in [-0.4, -0.2) is 43.2 Å². The molecule has 4 rings (SSSR count). The van der Waals surface area contributed by atoms with Crippen molar-refractivity contribution in [3.8, 4) is 33.8 Å². The molecule has 3 N–H and O–H groups in total. The van der Waals surface area contributed by atoms with Crippen LogP contribution in [0.2, 0.25) is 0 Å². The topological polar surface area (TPSA) is 138 Å². The van der Waals surface area contributed by atoms with Crippen molar-refractivity contribution in [3.05, 3.63) is 95.7 Å². The Morgan fingerprint density at radius 1 is 0.515 bits per heavy atom. The summed E-state index contributed by atoms with van der Waals surface area (Å²) in [5.41, 5.74) is 3.76. The van der Waals surface area contributed by atoms with Gasteiger partial charge in [-0.3, -0.25) is 4.98 Å². The summed E-state index contributed by atoms with van der Waals surface area (Å²) in [6, 6.07) is 18.6. The van der Waals surface area contributed by atoms with Crippen LogP contribution >= 0.6 is 0 Å². The second kappa shape index (κ2) is 8.72. The molecule has 1 aromatic heterocycles. The minimum atomic E-state index is -1.05. The summed E-state index contributed by atoms with van der Waals surface area (Å²) in [7, 11) is 0. The van der Waals surface area contributed by atoms with Crippen molar-refractivity contribution in [2.24, 2.45) is 0 Å². The summed E-state index contributed by atoms with van der Waals surface area (Å²) in [4.78, 5) is 42.8. The van der Waals surface area contributed by atoms with Crippen LogP contribution in [0.15, 0.2) is 79.0 Å². The molecule has 8 nitrogen and oxygen atoms in total. The Morgan fingerprint density at radius 3 is 1.27 bits per heavy atom. The van der Waals surface area contributed by atoms with E-state index < -0.39 is 17.9 Å². The van der Waals surface area contributed by atoms with Crippen LogP contribution in [0.3, 0.4) is 0 Å². The lowest BCUT2D eigenvalue weighted by Gasteiger charge is -2.12. The molecule has 4 aromatic rings. The van der Waals surface area contributed by atoms with Crippen LogP contribution in [0.4, 0.5) is 0 Å². The first-order valence-corrected chi connectivity index (χ1v) is 9.71. The summed E-state index contributed by atoms with van der Waals surface area (Å²) >= 11 is 0. The number of hydrogen-bond donors (Lipinski definition) is 3. The van der Waals surface area contributed by atoms with Gasteiger partial charge in [0.15, 0.2) is 0 Å². The number of carboxylic acids is 3. The first kappa shape index (κ1) is 21.4. The maximum absolute atomic E-state index is 11.2. The number of aromatic carboxylic acids is 3. The quantitative estimate of drug-likeness (QED) is 0.396. The van der Waals surface area contributed by atoms with E-state index in [1.807, 2.05) is 0 Å². The van der Waals surface area contributed by atoms with E-state index in [2.05, 4.69) is 4.98 Å². The summed E-state index contributed by atoms with van der Waals surface area (Å²) in [5.74, 6) is -3.13. The molecule has 0 amide bonds. The van der Waals surface area contributed by atoms with Gasteiger partial charge in [-0.05, 0) is 36.4 Å². The number of rotatable bonds is 6. The number of aromatic nitrogens is 2. The molecule has 0 aliphatic heterocycles. The number of hydrogen-bond acceptors (Lipinski definition) is 5. The molecular weight excluding hydrogens is 424 g/mol. The minimum absolute atomic E-state index is 0.125. The van der Waals surface area contributed by atoms with E-state index in [-0.39, 0.29) is 16.7 Å². The van der Waals surface area contributed by atoms with Gasteiger partial charge in [-0.1, -0.05) is 36.4 Å². The van der Waals surface area contributed by atoms with Gasteiger partial charge in [-0.15, -0.1) is 0 Å². The summed E-state index contributed by atoms with van der Waals surface area (Å²) < 4.78 is 0. The van der Waals surface area contributed by atoms with Crippen molar-refractivity contribution >= 4 is 17.9 Å². The predicted octanol–water partition coefficient (Wildman–Crippen LogP) is 4.57. The highest BCUT2D eigenvalue weighted by Crippen LogP contribution is 2.31. The standard InChI is InChI=1S/C25H16N2O6/c28-23(29)17-7-1-14(2-8-17)20-13-26-21(15-3-9-18(10-4-15)24(30)31)22(27-20)16-5-11-19(12-6-16)25(32)33/h1-13H,(H,28,29)(H,30,31)(H,32,33). The normalized spacial score (nSPS) is 10.5. The highest BCUT2D eigenvalue weighted by Gasteiger charge is 2.15. The molecule has 3 aromatic carbocycles. The highest BCUT2D eigenvalue weighted by molar-refractivity contribution is 5.91. The van der Waals surface area contributed by atoms with Crippen molar-refractivity contribution in [2.75, 3.05) is 0 Å². The van der Waals surface area contributed by atoms with Crippen molar-refractivity contribution in [1.29, 1.82) is 0 Å². The average Bonchev–Trinajstić information content (AvgIpc) is 2.84. The molecule has 1 heterocycles. The van der Waals surface area contributed by atoms with Crippen molar-refractivity contribution < 1.29 is 29.7 Å². The lowest BCUT2D eigenvalue weighted by atomic mass is 10.0. The summed E-state index contributed by atoms with van der Waals surface area (Å²) in [5, 5.41) is 27.4. The van der Waals surface area contributed by atoms with E-state index in [1.54, 1.807) is 42.6 Å². The second-order valence-corrected chi connectivity index (χ2v) is 7.10. The van der Waals surface area contributed by atoms with Crippen molar-refractivity contribution in [1.82, 2.24) is 9.97 Å². The van der Waals surface area contributed by atoms with E-state index in [9.17, 15) is 19.5 Å². The minimum Gasteiger partial charge on any atom is -0.478 e. The van der Waals surface area contributed by atoms with Gasteiger partial charge in [-0.2, -0.15) is 0 Å². The first-order valence-electron chi connectivity index (χ1n) is 9.71. The molecule has 8 heteroatoms. The van der Waals surface area contributed by atoms with Gasteiger partial charge in [0.25, 0.3) is 0 Å². The molecule has 33 heavy (non-hydrogen) atoms. The molecular formula is C25H16N2O6. The SMILES string of the molecule is O=C(O)c1ccc(-c2cnc(-c3ccc(C(=O)O)cc3)c(-c3ccc(C(=O)O)cc3)n2)cc1. The van der Waals surface area contributed by atoms with E-state index in [0.29, 0.717) is 33.8 Å². The third kappa shape index (κ3) is 4.45. The Morgan fingerprint density at radius 2 is 0.879 bits per heavy atom. The molecule has 0 fully saturated rings. The van der Waals surface area contributed by atoms with Gasteiger partial charge < -0.3 is 15.3 Å². The van der Waals surface area contributed by atoms with Crippen molar-refractivity contribution in [3.63, 3.8) is 0 Å². The molecule has 0 saturated heterocycles. The van der Waals surface area contributed by atoms with Gasteiger partial charge in [0.1, 0.15) is 0 Å². The van der Waals surface area contributed by atoms with E-state index >= 15 is 0 Å². The van der Waals surface area contributed by atoms with Gasteiger partial charge in [0, 0.05) is 16.7 Å². The maximum Gasteiger partial charge on any atom is 0.335 e. The lowest BCUT2D eigenvalue weighted by molar-refractivity contribution is 0.0686. The molecule has 0 bridgehead atoms. The van der Waals surface area contributed by atoms with Crippen LogP contribution in [0.1, 0.15) is 31.1 Å². The fourth-order valence-corrected chi connectivity index (χ4v) is 3.27. The largest absolute Gasteiger partial charge is 0.478 e. The van der Waals surface area contributed by atoms with Crippen LogP contribution in [0.25, 0.3) is 33.8 Å². The van der Waals surface area contributed by atoms with Crippen LogP contribution in [0, 0.1) is 0 Å². The molecule has 162 valence electrons. The fourth-order valence-electron chi connectivity index (χ4n) is 3.27. The molecule has 0 unspecified atom stereocenters. The molecule has 0 aliphatic carbocycles.